The molecule has 0 saturated heterocycles. The van der Waals surface area contributed by atoms with E-state index in [1.54, 1.807) is 12.3 Å². The van der Waals surface area contributed by atoms with Crippen molar-refractivity contribution in [2.45, 2.75) is 6.54 Å². The Kier molecular flexibility index (Phi) is 2.21. The summed E-state index contributed by atoms with van der Waals surface area (Å²) in [5.41, 5.74) is 0.859. The van der Waals surface area contributed by atoms with Crippen molar-refractivity contribution in [1.29, 1.82) is 0 Å². The maximum atomic E-state index is 13.1. The Morgan fingerprint density at radius 1 is 1.41 bits per heavy atom. The molecule has 6 nitrogen and oxygen atoms in total. The molecule has 0 amide bonds. The fourth-order valence-electron chi connectivity index (χ4n) is 1.52. The smallest absolute Gasteiger partial charge is 0.312 e. The predicted molar refractivity (Wildman–Crippen MR) is 57.7 cm³/mol. The van der Waals surface area contributed by atoms with Gasteiger partial charge in [0, 0.05) is 0 Å². The number of hydrogen-bond donors (Lipinski definition) is 2. The normalized spacial score (nSPS) is 10.9. The Hall–Kier alpha value is -2.44. The summed E-state index contributed by atoms with van der Waals surface area (Å²) in [5, 5.41) is 2.96. The number of furan rings is 1. The fourth-order valence-corrected chi connectivity index (χ4v) is 1.52. The van der Waals surface area contributed by atoms with Crippen LogP contribution in [0.25, 0.3) is 11.2 Å². The molecule has 17 heavy (non-hydrogen) atoms. The van der Waals surface area contributed by atoms with Gasteiger partial charge in [0.15, 0.2) is 11.5 Å². The Morgan fingerprint density at radius 3 is 3.18 bits per heavy atom. The lowest BCUT2D eigenvalue weighted by molar-refractivity contribution is 0.516. The van der Waals surface area contributed by atoms with Gasteiger partial charge in [-0.15, -0.1) is 0 Å². The van der Waals surface area contributed by atoms with E-state index in [9.17, 15) is 4.39 Å². The molecule has 0 spiro atoms. The minimum atomic E-state index is -0.813. The number of fused-ring (bicyclic) bond motifs is 1. The number of nitrogens with one attached hydrogen (secondary N) is 2. The van der Waals surface area contributed by atoms with Gasteiger partial charge in [0.05, 0.1) is 19.1 Å². The monoisotopic (exact) mass is 233 g/mol. The second kappa shape index (κ2) is 3.85. The predicted octanol–water partition coefficient (Wildman–Crippen LogP) is 1.70. The minimum Gasteiger partial charge on any atom is -0.467 e. The molecular weight excluding hydrogens is 225 g/mol. The third-order valence-corrected chi connectivity index (χ3v) is 2.27. The lowest BCUT2D eigenvalue weighted by Crippen LogP contribution is -2.03. The Morgan fingerprint density at radius 2 is 2.35 bits per heavy atom. The SMILES string of the molecule is Fc1nc(NCc2ccco2)c2[nH]cnc2n1. The van der Waals surface area contributed by atoms with E-state index in [0.717, 1.165) is 5.76 Å². The number of H-pyrrole nitrogens is 1. The number of anilines is 1. The van der Waals surface area contributed by atoms with Crippen molar-refractivity contribution in [1.82, 2.24) is 19.9 Å². The average Bonchev–Trinajstić information content (AvgIpc) is 2.95. The molecule has 0 saturated carbocycles. The van der Waals surface area contributed by atoms with E-state index < -0.39 is 6.08 Å². The molecule has 3 rings (SSSR count). The zero-order valence-electron chi connectivity index (χ0n) is 8.64. The molecule has 3 aromatic heterocycles. The number of aromatic nitrogens is 4. The van der Waals surface area contributed by atoms with Crippen molar-refractivity contribution in [3.05, 3.63) is 36.6 Å². The van der Waals surface area contributed by atoms with E-state index in [0.29, 0.717) is 23.5 Å². The average molecular weight is 233 g/mol. The maximum Gasteiger partial charge on any atom is 0.312 e. The van der Waals surface area contributed by atoms with Crippen LogP contribution in [0.4, 0.5) is 10.2 Å². The van der Waals surface area contributed by atoms with Crippen LogP contribution in [0.1, 0.15) is 5.76 Å². The Bertz CT molecular complexity index is 633. The number of aromatic amines is 1. The first kappa shape index (κ1) is 9.76. The van der Waals surface area contributed by atoms with Gasteiger partial charge in [0.2, 0.25) is 0 Å². The molecule has 3 heterocycles. The summed E-state index contributed by atoms with van der Waals surface area (Å²) < 4.78 is 18.3. The van der Waals surface area contributed by atoms with E-state index in [4.69, 9.17) is 4.42 Å². The van der Waals surface area contributed by atoms with Crippen LogP contribution in [0.5, 0.6) is 0 Å². The van der Waals surface area contributed by atoms with Crippen molar-refractivity contribution in [3.8, 4) is 0 Å². The van der Waals surface area contributed by atoms with Gasteiger partial charge in [-0.3, -0.25) is 0 Å². The van der Waals surface area contributed by atoms with Crippen molar-refractivity contribution < 1.29 is 8.81 Å². The molecular formula is C10H8FN5O. The van der Waals surface area contributed by atoms with Crippen molar-refractivity contribution in [2.75, 3.05) is 5.32 Å². The minimum absolute atomic E-state index is 0.291. The van der Waals surface area contributed by atoms with E-state index in [2.05, 4.69) is 25.3 Å². The van der Waals surface area contributed by atoms with Crippen LogP contribution in [0, 0.1) is 6.08 Å². The van der Waals surface area contributed by atoms with Crippen LogP contribution in [0.15, 0.2) is 29.1 Å². The third kappa shape index (κ3) is 1.82. The summed E-state index contributed by atoms with van der Waals surface area (Å²) in [5.74, 6) is 1.10. The highest BCUT2D eigenvalue weighted by Gasteiger charge is 2.09. The molecule has 0 unspecified atom stereocenters. The van der Waals surface area contributed by atoms with E-state index in [-0.39, 0.29) is 0 Å². The highest BCUT2D eigenvalue weighted by molar-refractivity contribution is 5.81. The zero-order valence-corrected chi connectivity index (χ0v) is 8.64. The number of imidazole rings is 1. The fraction of sp³-hybridized carbons (Fsp3) is 0.100. The van der Waals surface area contributed by atoms with Crippen LogP contribution in [0.2, 0.25) is 0 Å². The molecule has 2 N–H and O–H groups in total. The van der Waals surface area contributed by atoms with E-state index in [1.807, 2.05) is 6.07 Å². The molecule has 0 aliphatic carbocycles. The zero-order chi connectivity index (χ0) is 11.7. The summed E-state index contributed by atoms with van der Waals surface area (Å²) in [6, 6.07) is 3.60. The van der Waals surface area contributed by atoms with Gasteiger partial charge >= 0.3 is 6.08 Å². The van der Waals surface area contributed by atoms with E-state index >= 15 is 0 Å². The Labute approximate surface area is 94.9 Å². The van der Waals surface area contributed by atoms with E-state index in [1.165, 1.54) is 6.33 Å². The molecule has 7 heteroatoms. The molecule has 0 atom stereocenters. The largest absolute Gasteiger partial charge is 0.467 e. The maximum absolute atomic E-state index is 13.1. The summed E-state index contributed by atoms with van der Waals surface area (Å²) >= 11 is 0. The van der Waals surface area contributed by atoms with Gasteiger partial charge in [-0.05, 0) is 12.1 Å². The van der Waals surface area contributed by atoms with Crippen LogP contribution >= 0.6 is 0 Å². The van der Waals surface area contributed by atoms with Gasteiger partial charge < -0.3 is 14.7 Å². The van der Waals surface area contributed by atoms with Crippen LogP contribution in [-0.2, 0) is 6.54 Å². The third-order valence-electron chi connectivity index (χ3n) is 2.27. The molecule has 0 bridgehead atoms. The molecule has 0 aromatic carbocycles. The molecule has 86 valence electrons. The molecule has 0 radical (unpaired) electrons. The highest BCUT2D eigenvalue weighted by atomic mass is 19.1. The van der Waals surface area contributed by atoms with Crippen molar-refractivity contribution in [3.63, 3.8) is 0 Å². The van der Waals surface area contributed by atoms with Crippen molar-refractivity contribution in [2.24, 2.45) is 0 Å². The highest BCUT2D eigenvalue weighted by Crippen LogP contribution is 2.16. The van der Waals surface area contributed by atoms with Gasteiger partial charge in [-0.2, -0.15) is 14.4 Å². The number of hydrogen-bond acceptors (Lipinski definition) is 5. The molecule has 0 aliphatic rings. The van der Waals surface area contributed by atoms with Gasteiger partial charge in [0.25, 0.3) is 0 Å². The number of nitrogens with zero attached hydrogens (tertiary/aromatic N) is 3. The second-order valence-electron chi connectivity index (χ2n) is 3.38. The first-order valence-electron chi connectivity index (χ1n) is 4.96. The van der Waals surface area contributed by atoms with Gasteiger partial charge in [0.1, 0.15) is 11.3 Å². The summed E-state index contributed by atoms with van der Waals surface area (Å²) in [6.07, 6.45) is 2.20. The van der Waals surface area contributed by atoms with Crippen LogP contribution in [0.3, 0.4) is 0 Å². The van der Waals surface area contributed by atoms with Gasteiger partial charge in [-0.1, -0.05) is 0 Å². The standard InChI is InChI=1S/C10H8FN5O/c11-10-15-8(7-9(16-10)14-5-13-7)12-4-6-2-1-3-17-6/h1-3,5H,4H2,(H2,12,13,14,15,16). The molecule has 0 fully saturated rings. The van der Waals surface area contributed by atoms with Crippen LogP contribution < -0.4 is 5.32 Å². The first-order valence-corrected chi connectivity index (χ1v) is 4.96. The lowest BCUT2D eigenvalue weighted by atomic mass is 10.4. The van der Waals surface area contributed by atoms with Crippen LogP contribution in [-0.4, -0.2) is 19.9 Å². The topological polar surface area (TPSA) is 79.6 Å². The van der Waals surface area contributed by atoms with Crippen molar-refractivity contribution >= 4 is 17.0 Å². The summed E-state index contributed by atoms with van der Waals surface area (Å²) in [7, 11) is 0. The quantitative estimate of drug-likeness (QED) is 0.673. The Balaban J connectivity index is 1.91. The second-order valence-corrected chi connectivity index (χ2v) is 3.38. The number of rotatable bonds is 3. The summed E-state index contributed by atoms with van der Waals surface area (Å²) in [4.78, 5) is 14.0. The van der Waals surface area contributed by atoms with Gasteiger partial charge in [-0.25, -0.2) is 4.98 Å². The lowest BCUT2D eigenvalue weighted by Gasteiger charge is -2.03. The molecule has 3 aromatic rings. The summed E-state index contributed by atoms with van der Waals surface area (Å²) in [6.45, 7) is 0.414. The molecule has 0 aliphatic heterocycles. The first-order chi connectivity index (χ1) is 8.33. The number of halogens is 1.